The number of carbonyl (C=O) groups is 1. The van der Waals surface area contributed by atoms with Crippen molar-refractivity contribution in [1.29, 1.82) is 0 Å². The fourth-order valence-corrected chi connectivity index (χ4v) is 9.54. The highest BCUT2D eigenvalue weighted by Crippen LogP contribution is 2.68. The van der Waals surface area contributed by atoms with Gasteiger partial charge in [-0.3, -0.25) is 9.35 Å². The van der Waals surface area contributed by atoms with Gasteiger partial charge in [-0.05, 0) is 111 Å². The van der Waals surface area contributed by atoms with Crippen LogP contribution in [0.25, 0.3) is 0 Å². The molecule has 0 aromatic heterocycles. The van der Waals surface area contributed by atoms with E-state index in [4.69, 9.17) is 4.55 Å². The van der Waals surface area contributed by atoms with Crippen molar-refractivity contribution in [2.24, 2.45) is 46.3 Å². The van der Waals surface area contributed by atoms with Gasteiger partial charge in [-0.2, -0.15) is 8.42 Å². The Morgan fingerprint density at radius 3 is 2.45 bits per heavy atom. The van der Waals surface area contributed by atoms with Crippen molar-refractivity contribution in [2.45, 2.75) is 97.5 Å². The number of rotatable bonds is 7. The van der Waals surface area contributed by atoms with Gasteiger partial charge >= 0.3 is 0 Å². The Kier molecular flexibility index (Phi) is 7.26. The van der Waals surface area contributed by atoms with Crippen LogP contribution in [0.15, 0.2) is 0 Å². The summed E-state index contributed by atoms with van der Waals surface area (Å²) in [4.78, 5) is 12.2. The van der Waals surface area contributed by atoms with E-state index in [1.165, 1.54) is 44.9 Å². The second-order valence-corrected chi connectivity index (χ2v) is 14.0. The normalized spacial score (nSPS) is 43.8. The van der Waals surface area contributed by atoms with Crippen molar-refractivity contribution in [3.63, 3.8) is 0 Å². The molecule has 6 unspecified atom stereocenters. The SMILES string of the molecule is CC(CCC(=O)NCCS(=O)(=O)O)C1CCC2C3CC[C@@H]4C[C@H](O)CCC4(C)C3CC[C@]12C. The molecule has 1 amide bonds. The Morgan fingerprint density at radius 2 is 1.73 bits per heavy atom. The lowest BCUT2D eigenvalue weighted by Gasteiger charge is -2.61. The number of carbonyl (C=O) groups excluding carboxylic acids is 1. The lowest BCUT2D eigenvalue weighted by atomic mass is 9.44. The van der Waals surface area contributed by atoms with Gasteiger partial charge in [0.25, 0.3) is 10.1 Å². The summed E-state index contributed by atoms with van der Waals surface area (Å²) < 4.78 is 30.5. The topological polar surface area (TPSA) is 104 Å². The van der Waals surface area contributed by atoms with Gasteiger partial charge < -0.3 is 10.4 Å². The number of nitrogens with one attached hydrogen (secondary N) is 1. The molecule has 0 heterocycles. The molecule has 33 heavy (non-hydrogen) atoms. The molecule has 3 N–H and O–H groups in total. The van der Waals surface area contributed by atoms with Crippen LogP contribution in [0.1, 0.15) is 91.4 Å². The van der Waals surface area contributed by atoms with Crippen LogP contribution in [0.3, 0.4) is 0 Å². The predicted octanol–water partition coefficient (Wildman–Crippen LogP) is 4.43. The van der Waals surface area contributed by atoms with Crippen molar-refractivity contribution in [3.8, 4) is 0 Å². The second kappa shape index (κ2) is 9.42. The smallest absolute Gasteiger partial charge is 0.266 e. The third-order valence-corrected chi connectivity index (χ3v) is 11.6. The van der Waals surface area contributed by atoms with Crippen molar-refractivity contribution in [3.05, 3.63) is 0 Å². The molecular formula is C26H45NO5S. The Balaban J connectivity index is 1.35. The summed E-state index contributed by atoms with van der Waals surface area (Å²) in [5, 5.41) is 12.9. The van der Waals surface area contributed by atoms with Crippen LogP contribution in [-0.4, -0.2) is 42.4 Å². The van der Waals surface area contributed by atoms with E-state index in [0.717, 1.165) is 37.0 Å². The fraction of sp³-hybridized carbons (Fsp3) is 0.962. The average Bonchev–Trinajstić information content (AvgIpc) is 3.09. The van der Waals surface area contributed by atoms with Crippen molar-refractivity contribution < 1.29 is 22.9 Å². The van der Waals surface area contributed by atoms with Crippen molar-refractivity contribution >= 4 is 16.0 Å². The van der Waals surface area contributed by atoms with E-state index in [1.54, 1.807) is 0 Å². The van der Waals surface area contributed by atoms with Gasteiger partial charge in [-0.15, -0.1) is 0 Å². The van der Waals surface area contributed by atoms with E-state index >= 15 is 0 Å². The van der Waals surface area contributed by atoms with E-state index in [-0.39, 0.29) is 18.6 Å². The first-order chi connectivity index (χ1) is 15.4. The molecule has 0 aromatic rings. The number of fused-ring (bicyclic) bond motifs is 5. The van der Waals surface area contributed by atoms with Gasteiger partial charge in [0.05, 0.1) is 11.9 Å². The Morgan fingerprint density at radius 1 is 1.03 bits per heavy atom. The third-order valence-electron chi connectivity index (χ3n) is 10.9. The molecule has 0 saturated heterocycles. The number of hydrogen-bond donors (Lipinski definition) is 3. The first-order valence-electron chi connectivity index (χ1n) is 13.3. The van der Waals surface area contributed by atoms with Crippen LogP contribution in [0, 0.1) is 46.3 Å². The van der Waals surface area contributed by atoms with E-state index in [2.05, 4.69) is 26.1 Å². The Bertz CT molecular complexity index is 831. The van der Waals surface area contributed by atoms with Gasteiger partial charge in [0.1, 0.15) is 0 Å². The summed E-state index contributed by atoms with van der Waals surface area (Å²) in [6.45, 7) is 7.34. The Hall–Kier alpha value is -0.660. The van der Waals surface area contributed by atoms with Crippen LogP contribution < -0.4 is 5.32 Å². The minimum absolute atomic E-state index is 0.0326. The molecule has 4 saturated carbocycles. The zero-order valence-electron chi connectivity index (χ0n) is 20.8. The fourth-order valence-electron chi connectivity index (χ4n) is 9.18. The van der Waals surface area contributed by atoms with Crippen molar-refractivity contribution in [2.75, 3.05) is 12.3 Å². The second-order valence-electron chi connectivity index (χ2n) is 12.5. The molecule has 0 spiro atoms. The number of hydrogen-bond acceptors (Lipinski definition) is 4. The predicted molar refractivity (Wildman–Crippen MR) is 129 cm³/mol. The highest BCUT2D eigenvalue weighted by atomic mass is 32.2. The molecule has 190 valence electrons. The number of aliphatic hydroxyl groups excluding tert-OH is 1. The standard InChI is InChI=1S/C26H45NO5S/c1-17(4-9-24(29)27-14-15-33(30,31)32)21-7-8-22-20-6-5-18-16-19(28)10-12-25(18,2)23(20)11-13-26(21,22)3/h17-23,28H,4-16H2,1-3H3,(H,27,29)(H,30,31,32)/t17?,18-,19-,20?,21?,22?,23?,25?,26-/m1/s1. The summed E-state index contributed by atoms with van der Waals surface area (Å²) in [5.74, 6) is 3.68. The molecule has 9 atom stereocenters. The highest BCUT2D eigenvalue weighted by Gasteiger charge is 2.60. The third kappa shape index (κ3) is 5.02. The molecule has 0 radical (unpaired) electrons. The molecule has 4 rings (SSSR count). The monoisotopic (exact) mass is 483 g/mol. The zero-order valence-corrected chi connectivity index (χ0v) is 21.6. The molecule has 6 nitrogen and oxygen atoms in total. The quantitative estimate of drug-likeness (QED) is 0.465. The van der Waals surface area contributed by atoms with Crippen LogP contribution in [0.5, 0.6) is 0 Å². The molecule has 4 aliphatic rings. The average molecular weight is 484 g/mol. The molecule has 7 heteroatoms. The Labute approximate surface area is 200 Å². The number of amides is 1. The molecular weight excluding hydrogens is 438 g/mol. The van der Waals surface area contributed by atoms with E-state index < -0.39 is 15.9 Å². The maximum Gasteiger partial charge on any atom is 0.266 e. The van der Waals surface area contributed by atoms with Crippen LogP contribution in [0.2, 0.25) is 0 Å². The molecule has 0 bridgehead atoms. The van der Waals surface area contributed by atoms with E-state index in [0.29, 0.717) is 35.0 Å². The lowest BCUT2D eigenvalue weighted by Crippen LogP contribution is -2.54. The van der Waals surface area contributed by atoms with Crippen LogP contribution in [-0.2, 0) is 14.9 Å². The van der Waals surface area contributed by atoms with Crippen LogP contribution in [0.4, 0.5) is 0 Å². The molecule has 0 aromatic carbocycles. The number of aliphatic hydroxyl groups is 1. The first kappa shape index (κ1) is 25.4. The summed E-state index contributed by atoms with van der Waals surface area (Å²) in [7, 11) is -4.04. The molecule has 0 aliphatic heterocycles. The zero-order chi connectivity index (χ0) is 24.0. The van der Waals surface area contributed by atoms with Crippen molar-refractivity contribution in [1.82, 2.24) is 5.32 Å². The van der Waals surface area contributed by atoms with Gasteiger partial charge in [0.15, 0.2) is 0 Å². The van der Waals surface area contributed by atoms with Gasteiger partial charge in [0.2, 0.25) is 5.91 Å². The summed E-state index contributed by atoms with van der Waals surface area (Å²) in [6, 6.07) is 0. The van der Waals surface area contributed by atoms with Crippen LogP contribution >= 0.6 is 0 Å². The summed E-state index contributed by atoms with van der Waals surface area (Å²) >= 11 is 0. The first-order valence-corrected chi connectivity index (χ1v) is 14.9. The highest BCUT2D eigenvalue weighted by molar-refractivity contribution is 7.85. The van der Waals surface area contributed by atoms with E-state index in [1.807, 2.05) is 0 Å². The van der Waals surface area contributed by atoms with Gasteiger partial charge in [0, 0.05) is 13.0 Å². The maximum atomic E-state index is 12.2. The molecule has 4 fully saturated rings. The lowest BCUT2D eigenvalue weighted by molar-refractivity contribution is -0.129. The largest absolute Gasteiger partial charge is 0.393 e. The van der Waals surface area contributed by atoms with Gasteiger partial charge in [-0.1, -0.05) is 20.8 Å². The van der Waals surface area contributed by atoms with E-state index in [9.17, 15) is 18.3 Å². The minimum Gasteiger partial charge on any atom is -0.393 e. The minimum atomic E-state index is -4.04. The maximum absolute atomic E-state index is 12.2. The summed E-state index contributed by atoms with van der Waals surface area (Å²) in [5.41, 5.74) is 0.771. The van der Waals surface area contributed by atoms with Gasteiger partial charge in [-0.25, -0.2) is 0 Å². The molecule has 4 aliphatic carbocycles. The summed E-state index contributed by atoms with van der Waals surface area (Å²) in [6.07, 6.45) is 12.1.